The number of likely N-dealkylation sites (tertiary alicyclic amines) is 1. The fraction of sp³-hybridized carbons (Fsp3) is 0.412. The Morgan fingerprint density at radius 1 is 1.27 bits per heavy atom. The van der Waals surface area contributed by atoms with Crippen LogP contribution >= 0.6 is 23.4 Å². The van der Waals surface area contributed by atoms with Gasteiger partial charge in [-0.2, -0.15) is 0 Å². The average Bonchev–Trinajstić information content (AvgIpc) is 2.60. The number of ether oxygens (including phenoxy) is 2. The van der Waals surface area contributed by atoms with Crippen molar-refractivity contribution in [1.29, 1.82) is 0 Å². The monoisotopic (exact) mass is 399 g/mol. The molecular formula is C17H18ClNO6S. The molecule has 2 rings (SSSR count). The van der Waals surface area contributed by atoms with Crippen LogP contribution in [-0.4, -0.2) is 45.3 Å². The van der Waals surface area contributed by atoms with Crippen molar-refractivity contribution >= 4 is 46.3 Å². The molecule has 0 spiro atoms. The van der Waals surface area contributed by atoms with Crippen molar-refractivity contribution < 1.29 is 28.7 Å². The maximum atomic E-state index is 12.1. The van der Waals surface area contributed by atoms with E-state index in [9.17, 15) is 19.2 Å². The lowest BCUT2D eigenvalue weighted by molar-refractivity contribution is -0.158. The van der Waals surface area contributed by atoms with Crippen molar-refractivity contribution in [2.24, 2.45) is 0 Å². The van der Waals surface area contributed by atoms with E-state index in [1.165, 1.54) is 0 Å². The Kier molecular flexibility index (Phi) is 7.47. The SMILES string of the molecule is CCOC(=O)CC(=O)S[C@@H]1CC(=O)N1[C@@H](Cl)C(=O)OCc1ccccc1. The van der Waals surface area contributed by atoms with E-state index in [1.54, 1.807) is 19.1 Å². The van der Waals surface area contributed by atoms with Crippen LogP contribution in [0.4, 0.5) is 0 Å². The standard InChI is InChI=1S/C17H18ClNO6S/c1-2-24-14(21)9-15(22)26-13-8-12(20)19(13)16(18)17(23)25-10-11-6-4-3-5-7-11/h3-7,13,16H,2,8-10H2,1H3/t13-,16-/m1/s1. The minimum atomic E-state index is -1.33. The Bertz CT molecular complexity index is 683. The summed E-state index contributed by atoms with van der Waals surface area (Å²) in [6.45, 7) is 1.85. The minimum Gasteiger partial charge on any atom is -0.466 e. The van der Waals surface area contributed by atoms with E-state index in [0.717, 1.165) is 22.2 Å². The fourth-order valence-corrected chi connectivity index (χ4v) is 3.66. The molecule has 0 unspecified atom stereocenters. The van der Waals surface area contributed by atoms with Gasteiger partial charge in [0.25, 0.3) is 0 Å². The lowest BCUT2D eigenvalue weighted by atomic mass is 10.2. The summed E-state index contributed by atoms with van der Waals surface area (Å²) >= 11 is 6.83. The molecule has 1 heterocycles. The van der Waals surface area contributed by atoms with Gasteiger partial charge in [-0.25, -0.2) is 4.79 Å². The molecule has 26 heavy (non-hydrogen) atoms. The van der Waals surface area contributed by atoms with Crippen LogP contribution < -0.4 is 0 Å². The normalized spacial score (nSPS) is 17.2. The number of amides is 1. The molecule has 0 radical (unpaired) electrons. The second-order valence-electron chi connectivity index (χ2n) is 5.36. The maximum Gasteiger partial charge on any atom is 0.345 e. The van der Waals surface area contributed by atoms with E-state index in [-0.39, 0.29) is 25.5 Å². The van der Waals surface area contributed by atoms with Crippen molar-refractivity contribution in [2.75, 3.05) is 6.61 Å². The van der Waals surface area contributed by atoms with Crippen LogP contribution in [0.5, 0.6) is 0 Å². The van der Waals surface area contributed by atoms with Gasteiger partial charge in [-0.1, -0.05) is 53.7 Å². The quantitative estimate of drug-likeness (QED) is 0.217. The summed E-state index contributed by atoms with van der Waals surface area (Å²) in [5.41, 5.74) is -0.539. The van der Waals surface area contributed by atoms with Gasteiger partial charge in [0.15, 0.2) is 0 Å². The van der Waals surface area contributed by atoms with Crippen LogP contribution in [-0.2, 0) is 35.3 Å². The molecule has 0 aliphatic carbocycles. The van der Waals surface area contributed by atoms with Crippen molar-refractivity contribution in [1.82, 2.24) is 4.90 Å². The van der Waals surface area contributed by atoms with Gasteiger partial charge in [0, 0.05) is 0 Å². The highest BCUT2D eigenvalue weighted by molar-refractivity contribution is 8.14. The first kappa shape index (κ1) is 20.3. The Morgan fingerprint density at radius 2 is 1.96 bits per heavy atom. The molecule has 1 aromatic carbocycles. The third-order valence-electron chi connectivity index (χ3n) is 3.47. The Labute approximate surface area is 159 Å². The van der Waals surface area contributed by atoms with Crippen LogP contribution in [0.25, 0.3) is 0 Å². The van der Waals surface area contributed by atoms with Gasteiger partial charge in [-0.05, 0) is 12.5 Å². The zero-order valence-corrected chi connectivity index (χ0v) is 15.6. The fourth-order valence-electron chi connectivity index (χ4n) is 2.21. The van der Waals surface area contributed by atoms with Crippen molar-refractivity contribution in [3.63, 3.8) is 0 Å². The molecule has 1 amide bonds. The van der Waals surface area contributed by atoms with Crippen LogP contribution in [0, 0.1) is 0 Å². The van der Waals surface area contributed by atoms with Gasteiger partial charge >= 0.3 is 11.9 Å². The molecule has 1 fully saturated rings. The summed E-state index contributed by atoms with van der Waals surface area (Å²) < 4.78 is 9.81. The number of hydrogen-bond acceptors (Lipinski definition) is 7. The molecule has 1 saturated heterocycles. The highest BCUT2D eigenvalue weighted by atomic mass is 35.5. The molecule has 140 valence electrons. The number of carbonyl (C=O) groups excluding carboxylic acids is 4. The van der Waals surface area contributed by atoms with Crippen molar-refractivity contribution in [3.05, 3.63) is 35.9 Å². The molecule has 1 aromatic rings. The number of esters is 2. The highest BCUT2D eigenvalue weighted by Crippen LogP contribution is 2.34. The van der Waals surface area contributed by atoms with Crippen molar-refractivity contribution in [3.8, 4) is 0 Å². The Hall–Kier alpha value is -2.06. The van der Waals surface area contributed by atoms with E-state index in [1.807, 2.05) is 18.2 Å². The summed E-state index contributed by atoms with van der Waals surface area (Å²) in [6, 6.07) is 9.03. The molecule has 7 nitrogen and oxygen atoms in total. The van der Waals surface area contributed by atoms with Gasteiger partial charge in [-0.15, -0.1) is 0 Å². The highest BCUT2D eigenvalue weighted by Gasteiger charge is 2.45. The molecule has 0 N–H and O–H groups in total. The van der Waals surface area contributed by atoms with E-state index in [4.69, 9.17) is 21.1 Å². The number of rotatable bonds is 8. The van der Waals surface area contributed by atoms with Gasteiger partial charge < -0.3 is 14.4 Å². The number of carbonyl (C=O) groups is 4. The first-order chi connectivity index (χ1) is 12.4. The maximum absolute atomic E-state index is 12.1. The van der Waals surface area contributed by atoms with Gasteiger partial charge in [-0.3, -0.25) is 14.4 Å². The number of alkyl halides is 1. The summed E-state index contributed by atoms with van der Waals surface area (Å²) in [7, 11) is 0. The van der Waals surface area contributed by atoms with E-state index in [2.05, 4.69) is 0 Å². The van der Waals surface area contributed by atoms with E-state index < -0.39 is 34.3 Å². The summed E-state index contributed by atoms with van der Waals surface area (Å²) in [6.07, 6.45) is -0.336. The van der Waals surface area contributed by atoms with Crippen molar-refractivity contribution in [2.45, 2.75) is 37.2 Å². The van der Waals surface area contributed by atoms with Gasteiger partial charge in [0.05, 0.1) is 18.4 Å². The third-order valence-corrected chi connectivity index (χ3v) is 4.93. The molecule has 0 saturated carbocycles. The smallest absolute Gasteiger partial charge is 0.345 e. The van der Waals surface area contributed by atoms with Crippen LogP contribution in [0.15, 0.2) is 30.3 Å². The molecule has 1 aliphatic rings. The average molecular weight is 400 g/mol. The zero-order chi connectivity index (χ0) is 19.1. The van der Waals surface area contributed by atoms with E-state index in [0.29, 0.717) is 0 Å². The lowest BCUT2D eigenvalue weighted by Crippen LogP contribution is -2.57. The van der Waals surface area contributed by atoms with Crippen LogP contribution in [0.3, 0.4) is 0 Å². The number of nitrogens with zero attached hydrogens (tertiary/aromatic N) is 1. The van der Waals surface area contributed by atoms with Crippen LogP contribution in [0.2, 0.25) is 0 Å². The largest absolute Gasteiger partial charge is 0.466 e. The number of benzene rings is 1. The third kappa shape index (κ3) is 5.47. The second kappa shape index (κ2) is 9.59. The molecular weight excluding hydrogens is 382 g/mol. The van der Waals surface area contributed by atoms with Gasteiger partial charge in [0.1, 0.15) is 13.0 Å². The van der Waals surface area contributed by atoms with Gasteiger partial charge in [0.2, 0.25) is 16.5 Å². The number of β-lactam (4-membered cyclic amide) rings is 1. The predicted octanol–water partition coefficient (Wildman–Crippen LogP) is 2.07. The Morgan fingerprint density at radius 3 is 2.58 bits per heavy atom. The Balaban J connectivity index is 1.85. The number of thioether (sulfide) groups is 1. The molecule has 1 aliphatic heterocycles. The molecule has 9 heteroatoms. The first-order valence-electron chi connectivity index (χ1n) is 7.93. The molecule has 2 atom stereocenters. The summed E-state index contributed by atoms with van der Waals surface area (Å²) in [5.74, 6) is -1.76. The lowest BCUT2D eigenvalue weighted by Gasteiger charge is -2.41. The summed E-state index contributed by atoms with van der Waals surface area (Å²) in [5, 5.41) is -1.05. The zero-order valence-electron chi connectivity index (χ0n) is 14.1. The number of halogens is 1. The topological polar surface area (TPSA) is 90.0 Å². The van der Waals surface area contributed by atoms with E-state index >= 15 is 0 Å². The second-order valence-corrected chi connectivity index (χ2v) is 7.01. The number of hydrogen-bond donors (Lipinski definition) is 0. The van der Waals surface area contributed by atoms with Crippen LogP contribution in [0.1, 0.15) is 25.3 Å². The molecule has 0 bridgehead atoms. The molecule has 0 aromatic heterocycles. The summed E-state index contributed by atoms with van der Waals surface area (Å²) in [4.78, 5) is 48.1. The predicted molar refractivity (Wildman–Crippen MR) is 95.0 cm³/mol. The first-order valence-corrected chi connectivity index (χ1v) is 9.25. The minimum absolute atomic E-state index is 0.0323.